The quantitative estimate of drug-likeness (QED) is 0.101. The molecule has 3 aliphatic rings. The predicted molar refractivity (Wildman–Crippen MR) is 165 cm³/mol. The van der Waals surface area contributed by atoms with Crippen molar-refractivity contribution < 1.29 is 23.9 Å². The zero-order chi connectivity index (χ0) is 30.0. The number of nitrogens with zero attached hydrogens (tertiary/aromatic N) is 2. The fourth-order valence-corrected chi connectivity index (χ4v) is 7.04. The standard InChI is InChI=1S/C35H27BrN2O5/c1-18-3-5-21(6-4-18)32(39)19(2)43-35(42)27-17-29(37-28-14-11-24(36)16-26(27)28)20-9-12-25(13-10-20)38-33(40)30-22-7-8-23(15-22)31(30)34(38)41/h3-14,16-17,19,22-23,30-31H,15H2,1-2H3/t19-,22-,23+,30+,31+/m1/s1. The largest absolute Gasteiger partial charge is 0.451 e. The third-order valence-corrected chi connectivity index (χ3v) is 9.36. The molecule has 5 atom stereocenters. The number of hydrogen-bond donors (Lipinski definition) is 0. The van der Waals surface area contributed by atoms with Crippen LogP contribution in [0.15, 0.2) is 89.4 Å². The molecule has 0 radical (unpaired) electrons. The number of anilines is 1. The summed E-state index contributed by atoms with van der Waals surface area (Å²) in [6, 6.07) is 21.3. The third kappa shape index (κ3) is 4.61. The van der Waals surface area contributed by atoms with E-state index in [4.69, 9.17) is 9.72 Å². The zero-order valence-corrected chi connectivity index (χ0v) is 25.1. The van der Waals surface area contributed by atoms with E-state index in [9.17, 15) is 19.2 Å². The number of benzene rings is 3. The number of carbonyl (C=O) groups is 4. The minimum absolute atomic E-state index is 0.131. The molecule has 1 saturated heterocycles. The molecular formula is C35H27BrN2O5. The van der Waals surface area contributed by atoms with E-state index in [0.717, 1.165) is 16.5 Å². The average molecular weight is 636 g/mol. The fourth-order valence-electron chi connectivity index (χ4n) is 6.68. The van der Waals surface area contributed by atoms with Gasteiger partial charge in [-0.1, -0.05) is 70.0 Å². The first kappa shape index (κ1) is 27.4. The van der Waals surface area contributed by atoms with Crippen molar-refractivity contribution in [1.29, 1.82) is 0 Å². The second kappa shape index (κ2) is 10.4. The minimum Gasteiger partial charge on any atom is -0.451 e. The van der Waals surface area contributed by atoms with Gasteiger partial charge in [0, 0.05) is 21.0 Å². The first-order valence-electron chi connectivity index (χ1n) is 14.3. The Morgan fingerprint density at radius 1 is 0.907 bits per heavy atom. The van der Waals surface area contributed by atoms with Crippen LogP contribution in [0.2, 0.25) is 0 Å². The van der Waals surface area contributed by atoms with E-state index >= 15 is 0 Å². The summed E-state index contributed by atoms with van der Waals surface area (Å²) < 4.78 is 6.44. The van der Waals surface area contributed by atoms with Gasteiger partial charge in [0.05, 0.1) is 34.3 Å². The lowest BCUT2D eigenvalue weighted by Gasteiger charge is -2.18. The number of ketones is 1. The molecule has 1 saturated carbocycles. The third-order valence-electron chi connectivity index (χ3n) is 8.87. The Morgan fingerprint density at radius 3 is 2.21 bits per heavy atom. The highest BCUT2D eigenvalue weighted by atomic mass is 79.9. The second-order valence-electron chi connectivity index (χ2n) is 11.6. The number of aryl methyl sites for hydroxylation is 1. The van der Waals surface area contributed by atoms with Crippen LogP contribution in [0.1, 0.15) is 39.6 Å². The predicted octanol–water partition coefficient (Wildman–Crippen LogP) is 6.71. The van der Waals surface area contributed by atoms with Crippen molar-refractivity contribution in [3.05, 3.63) is 106 Å². The number of amides is 2. The Hall–Kier alpha value is -4.43. The Kier molecular flexibility index (Phi) is 6.62. The molecule has 7 nitrogen and oxygen atoms in total. The van der Waals surface area contributed by atoms with Crippen molar-refractivity contribution in [3.63, 3.8) is 0 Å². The van der Waals surface area contributed by atoms with E-state index in [1.54, 1.807) is 61.5 Å². The SMILES string of the molecule is Cc1ccc(C(=O)[C@@H](C)OC(=O)c2cc(-c3ccc(N4C(=O)[C@@H]5[C@@H](C4=O)[C@H]4C=C[C@@H]5C4)cc3)nc3ccc(Br)cc23)cc1. The van der Waals surface area contributed by atoms with E-state index < -0.39 is 12.1 Å². The number of halogens is 1. The number of Topliss-reactive ketones (excluding diaryl/α,β-unsaturated/α-hetero) is 1. The molecule has 43 heavy (non-hydrogen) atoms. The highest BCUT2D eigenvalue weighted by Gasteiger charge is 2.59. The number of esters is 1. The van der Waals surface area contributed by atoms with Gasteiger partial charge in [0.15, 0.2) is 6.10 Å². The Morgan fingerprint density at radius 2 is 1.56 bits per heavy atom. The molecule has 1 aliphatic heterocycles. The molecule has 0 N–H and O–H groups in total. The first-order valence-corrected chi connectivity index (χ1v) is 15.1. The molecule has 3 aromatic carbocycles. The summed E-state index contributed by atoms with van der Waals surface area (Å²) >= 11 is 3.47. The molecule has 0 spiro atoms. The van der Waals surface area contributed by atoms with Crippen LogP contribution < -0.4 is 4.90 Å². The fraction of sp³-hybridized carbons (Fsp3) is 0.229. The highest BCUT2D eigenvalue weighted by Crippen LogP contribution is 2.53. The van der Waals surface area contributed by atoms with Gasteiger partial charge >= 0.3 is 5.97 Å². The maximum Gasteiger partial charge on any atom is 0.339 e. The van der Waals surface area contributed by atoms with Gasteiger partial charge in [-0.05, 0) is 68.5 Å². The van der Waals surface area contributed by atoms with Crippen molar-refractivity contribution in [2.75, 3.05) is 4.90 Å². The molecule has 0 unspecified atom stereocenters. The number of aromatic nitrogens is 1. The van der Waals surface area contributed by atoms with Crippen LogP contribution in [0.3, 0.4) is 0 Å². The van der Waals surface area contributed by atoms with Crippen LogP contribution in [0.25, 0.3) is 22.2 Å². The Balaban J connectivity index is 1.18. The maximum atomic E-state index is 13.5. The topological polar surface area (TPSA) is 93.6 Å². The summed E-state index contributed by atoms with van der Waals surface area (Å²) in [7, 11) is 0. The van der Waals surface area contributed by atoms with Crippen molar-refractivity contribution >= 4 is 56.1 Å². The van der Waals surface area contributed by atoms with E-state index in [-0.39, 0.29) is 46.8 Å². The molecule has 1 aromatic heterocycles. The van der Waals surface area contributed by atoms with Gasteiger partial charge in [0.25, 0.3) is 0 Å². The summed E-state index contributed by atoms with van der Waals surface area (Å²) in [6.45, 7) is 3.50. The summed E-state index contributed by atoms with van der Waals surface area (Å²) in [5, 5.41) is 0.581. The van der Waals surface area contributed by atoms with Crippen molar-refractivity contribution in [1.82, 2.24) is 4.98 Å². The van der Waals surface area contributed by atoms with E-state index in [2.05, 4.69) is 28.1 Å². The van der Waals surface area contributed by atoms with Gasteiger partial charge in [-0.3, -0.25) is 19.3 Å². The lowest BCUT2D eigenvalue weighted by atomic mass is 9.85. The summed E-state index contributed by atoms with van der Waals surface area (Å²) in [5.41, 5.74) is 4.10. The molecular weight excluding hydrogens is 608 g/mol. The molecule has 2 aliphatic carbocycles. The van der Waals surface area contributed by atoms with Crippen LogP contribution in [0.4, 0.5) is 5.69 Å². The van der Waals surface area contributed by atoms with Gasteiger partial charge < -0.3 is 4.74 Å². The van der Waals surface area contributed by atoms with E-state index in [0.29, 0.717) is 33.4 Å². The molecule has 2 bridgehead atoms. The number of pyridine rings is 1. The average Bonchev–Trinajstić information content (AvgIpc) is 3.70. The molecule has 2 fully saturated rings. The number of hydrogen-bond acceptors (Lipinski definition) is 6. The number of carbonyl (C=O) groups excluding carboxylic acids is 4. The summed E-state index contributed by atoms with van der Waals surface area (Å²) in [6.07, 6.45) is 4.05. The molecule has 2 amide bonds. The second-order valence-corrected chi connectivity index (χ2v) is 12.5. The molecule has 214 valence electrons. The van der Waals surface area contributed by atoms with Gasteiger partial charge in [0.1, 0.15) is 0 Å². The Bertz CT molecular complexity index is 1830. The first-order chi connectivity index (χ1) is 20.7. The van der Waals surface area contributed by atoms with Crippen LogP contribution in [-0.4, -0.2) is 34.7 Å². The van der Waals surface area contributed by atoms with Gasteiger partial charge in [-0.2, -0.15) is 0 Å². The molecule has 7 rings (SSSR count). The summed E-state index contributed by atoms with van der Waals surface area (Å²) in [4.78, 5) is 59.1. The lowest BCUT2D eigenvalue weighted by Crippen LogP contribution is -2.32. The van der Waals surface area contributed by atoms with Crippen LogP contribution >= 0.6 is 15.9 Å². The van der Waals surface area contributed by atoms with Gasteiger partial charge in [-0.15, -0.1) is 0 Å². The van der Waals surface area contributed by atoms with Crippen molar-refractivity contribution in [3.8, 4) is 11.3 Å². The van der Waals surface area contributed by atoms with E-state index in [1.807, 2.05) is 25.1 Å². The van der Waals surface area contributed by atoms with Crippen LogP contribution in [-0.2, 0) is 14.3 Å². The van der Waals surface area contributed by atoms with Crippen molar-refractivity contribution in [2.24, 2.45) is 23.7 Å². The number of imide groups is 1. The molecule has 8 heteroatoms. The van der Waals surface area contributed by atoms with Gasteiger partial charge in [0.2, 0.25) is 17.6 Å². The smallest absolute Gasteiger partial charge is 0.339 e. The normalized spacial score (nSPS) is 22.7. The molecule has 2 heterocycles. The number of fused-ring (bicyclic) bond motifs is 6. The molecule has 4 aromatic rings. The number of rotatable bonds is 6. The van der Waals surface area contributed by atoms with E-state index in [1.165, 1.54) is 4.90 Å². The Labute approximate surface area is 256 Å². The van der Waals surface area contributed by atoms with Gasteiger partial charge in [-0.25, -0.2) is 9.78 Å². The number of allylic oxidation sites excluding steroid dienone is 2. The van der Waals surface area contributed by atoms with Crippen molar-refractivity contribution in [2.45, 2.75) is 26.4 Å². The zero-order valence-electron chi connectivity index (χ0n) is 23.5. The highest BCUT2D eigenvalue weighted by molar-refractivity contribution is 9.10. The summed E-state index contributed by atoms with van der Waals surface area (Å²) in [5.74, 6) is -1.44. The van der Waals surface area contributed by atoms with Crippen LogP contribution in [0, 0.1) is 30.6 Å². The lowest BCUT2D eigenvalue weighted by molar-refractivity contribution is -0.123. The monoisotopic (exact) mass is 634 g/mol. The number of ether oxygens (including phenoxy) is 1. The van der Waals surface area contributed by atoms with Crippen LogP contribution in [0.5, 0.6) is 0 Å². The minimum atomic E-state index is -0.992. The maximum absolute atomic E-state index is 13.5.